The highest BCUT2D eigenvalue weighted by molar-refractivity contribution is 9.10. The molecule has 4 unspecified atom stereocenters. The van der Waals surface area contributed by atoms with E-state index in [1.807, 2.05) is 0 Å². The lowest BCUT2D eigenvalue weighted by Crippen LogP contribution is -2.22. The maximum Gasteiger partial charge on any atom is 0.0217 e. The molecule has 1 aromatic rings. The first-order chi connectivity index (χ1) is 8.22. The van der Waals surface area contributed by atoms with Gasteiger partial charge in [0.05, 0.1) is 0 Å². The van der Waals surface area contributed by atoms with E-state index in [1.165, 1.54) is 42.1 Å². The summed E-state index contributed by atoms with van der Waals surface area (Å²) in [6.45, 7) is 0. The Morgan fingerprint density at radius 1 is 1.12 bits per heavy atom. The van der Waals surface area contributed by atoms with Crippen molar-refractivity contribution >= 4 is 31.9 Å². The molecule has 0 nitrogen and oxygen atoms in total. The average Bonchev–Trinajstić information content (AvgIpc) is 2.94. The van der Waals surface area contributed by atoms with Crippen molar-refractivity contribution < 1.29 is 0 Å². The lowest BCUT2D eigenvalue weighted by molar-refractivity contribution is 0.326. The largest absolute Gasteiger partial charge is 0.0884 e. The fourth-order valence-electron chi connectivity index (χ4n) is 3.73. The van der Waals surface area contributed by atoms with E-state index in [9.17, 15) is 0 Å². The molecule has 4 atom stereocenters. The van der Waals surface area contributed by atoms with Gasteiger partial charge in [-0.2, -0.15) is 0 Å². The van der Waals surface area contributed by atoms with Gasteiger partial charge in [0.15, 0.2) is 0 Å². The zero-order valence-electron chi connectivity index (χ0n) is 9.91. The van der Waals surface area contributed by atoms with Gasteiger partial charge in [-0.05, 0) is 61.1 Å². The van der Waals surface area contributed by atoms with Crippen LogP contribution < -0.4 is 0 Å². The third kappa shape index (κ3) is 2.63. The number of hydrogen-bond donors (Lipinski definition) is 0. The second kappa shape index (κ2) is 5.05. The normalized spacial score (nSPS) is 32.9. The first-order valence-electron chi connectivity index (χ1n) is 6.61. The molecule has 92 valence electrons. The van der Waals surface area contributed by atoms with E-state index in [2.05, 4.69) is 56.1 Å². The summed E-state index contributed by atoms with van der Waals surface area (Å²) in [5.41, 5.74) is 1.46. The molecule has 0 saturated heterocycles. The van der Waals surface area contributed by atoms with Gasteiger partial charge in [-0.1, -0.05) is 50.4 Å². The van der Waals surface area contributed by atoms with Crippen LogP contribution >= 0.6 is 31.9 Å². The van der Waals surface area contributed by atoms with E-state index < -0.39 is 0 Å². The van der Waals surface area contributed by atoms with Crippen LogP contribution in [-0.2, 0) is 6.42 Å². The van der Waals surface area contributed by atoms with Gasteiger partial charge in [0.1, 0.15) is 0 Å². The van der Waals surface area contributed by atoms with Crippen LogP contribution in [0.4, 0.5) is 0 Å². The van der Waals surface area contributed by atoms with Crippen LogP contribution in [0.1, 0.15) is 31.2 Å². The molecule has 0 aliphatic heterocycles. The molecule has 3 rings (SSSR count). The molecule has 0 aromatic heterocycles. The van der Waals surface area contributed by atoms with Gasteiger partial charge in [-0.25, -0.2) is 0 Å². The molecule has 0 heterocycles. The number of benzene rings is 1. The standard InChI is InChI=1S/C15H18Br2/c16-13-5-2-10(3-6-13)9-15(17)14-8-11-1-4-12(14)7-11/h2-3,5-6,11-12,14-15H,1,4,7-9H2. The maximum absolute atomic E-state index is 3.95. The maximum atomic E-state index is 3.95. The van der Waals surface area contributed by atoms with E-state index >= 15 is 0 Å². The Bertz CT molecular complexity index is 384. The Morgan fingerprint density at radius 3 is 2.47 bits per heavy atom. The SMILES string of the molecule is Brc1ccc(CC(Br)C2CC3CCC2C3)cc1. The monoisotopic (exact) mass is 356 g/mol. The van der Waals surface area contributed by atoms with Gasteiger partial charge < -0.3 is 0 Å². The van der Waals surface area contributed by atoms with Crippen molar-refractivity contribution in [2.24, 2.45) is 17.8 Å². The first kappa shape index (κ1) is 12.2. The third-order valence-corrected chi connectivity index (χ3v) is 6.13. The van der Waals surface area contributed by atoms with E-state index in [0.29, 0.717) is 4.83 Å². The Hall–Kier alpha value is 0.180. The minimum atomic E-state index is 0.680. The third-order valence-electron chi connectivity index (χ3n) is 4.60. The minimum Gasteiger partial charge on any atom is -0.0884 e. The highest BCUT2D eigenvalue weighted by atomic mass is 79.9. The summed E-state index contributed by atoms with van der Waals surface area (Å²) < 4.78 is 1.17. The molecular formula is C15H18Br2. The van der Waals surface area contributed by atoms with Crippen LogP contribution in [0, 0.1) is 17.8 Å². The highest BCUT2D eigenvalue weighted by Gasteiger charge is 2.42. The molecule has 0 amide bonds. The highest BCUT2D eigenvalue weighted by Crippen LogP contribution is 2.51. The van der Waals surface area contributed by atoms with Gasteiger partial charge in [0.2, 0.25) is 0 Å². The molecule has 0 spiro atoms. The molecule has 17 heavy (non-hydrogen) atoms. The van der Waals surface area contributed by atoms with Gasteiger partial charge in [-0.15, -0.1) is 0 Å². The topological polar surface area (TPSA) is 0 Å². The van der Waals surface area contributed by atoms with E-state index in [0.717, 1.165) is 17.8 Å². The van der Waals surface area contributed by atoms with Crippen molar-refractivity contribution in [1.82, 2.24) is 0 Å². The fraction of sp³-hybridized carbons (Fsp3) is 0.600. The lowest BCUT2D eigenvalue weighted by atomic mass is 9.84. The van der Waals surface area contributed by atoms with Crippen LogP contribution in [0.15, 0.2) is 28.7 Å². The van der Waals surface area contributed by atoms with E-state index in [1.54, 1.807) is 0 Å². The Labute approximate surface area is 120 Å². The first-order valence-corrected chi connectivity index (χ1v) is 8.32. The van der Waals surface area contributed by atoms with Crippen LogP contribution in [0.2, 0.25) is 0 Å². The molecule has 2 fully saturated rings. The Kier molecular flexibility index (Phi) is 3.63. The van der Waals surface area contributed by atoms with Crippen LogP contribution in [-0.4, -0.2) is 4.83 Å². The summed E-state index contributed by atoms with van der Waals surface area (Å²) in [5, 5.41) is 0. The molecule has 2 bridgehead atoms. The minimum absolute atomic E-state index is 0.680. The van der Waals surface area contributed by atoms with E-state index in [-0.39, 0.29) is 0 Å². The summed E-state index contributed by atoms with van der Waals surface area (Å²) in [6.07, 6.45) is 7.14. The quantitative estimate of drug-likeness (QED) is 0.653. The molecule has 2 aliphatic rings. The molecule has 2 saturated carbocycles. The van der Waals surface area contributed by atoms with Crippen molar-refractivity contribution in [2.75, 3.05) is 0 Å². The van der Waals surface area contributed by atoms with Gasteiger partial charge in [-0.3, -0.25) is 0 Å². The molecule has 0 radical (unpaired) electrons. The number of halogens is 2. The molecule has 1 aromatic carbocycles. The van der Waals surface area contributed by atoms with Crippen molar-refractivity contribution in [3.8, 4) is 0 Å². The molecule has 0 N–H and O–H groups in total. The zero-order valence-corrected chi connectivity index (χ0v) is 13.1. The molecular weight excluding hydrogens is 340 g/mol. The number of hydrogen-bond acceptors (Lipinski definition) is 0. The van der Waals surface area contributed by atoms with Gasteiger partial charge in [0.25, 0.3) is 0 Å². The predicted molar refractivity (Wildman–Crippen MR) is 79.5 cm³/mol. The van der Waals surface area contributed by atoms with E-state index in [4.69, 9.17) is 0 Å². The average molecular weight is 358 g/mol. The Balaban J connectivity index is 1.63. The van der Waals surface area contributed by atoms with Crippen molar-refractivity contribution in [3.63, 3.8) is 0 Å². The number of fused-ring (bicyclic) bond motifs is 2. The molecule has 2 heteroatoms. The van der Waals surface area contributed by atoms with Crippen LogP contribution in [0.25, 0.3) is 0 Å². The summed E-state index contributed by atoms with van der Waals surface area (Å²) in [5.74, 6) is 2.99. The molecule has 2 aliphatic carbocycles. The second-order valence-corrected chi connectivity index (χ2v) is 7.78. The lowest BCUT2D eigenvalue weighted by Gasteiger charge is -2.26. The smallest absolute Gasteiger partial charge is 0.0217 e. The number of rotatable bonds is 3. The number of alkyl halides is 1. The fourth-order valence-corrected chi connectivity index (χ4v) is 5.02. The van der Waals surface area contributed by atoms with Crippen LogP contribution in [0.3, 0.4) is 0 Å². The van der Waals surface area contributed by atoms with Crippen LogP contribution in [0.5, 0.6) is 0 Å². The van der Waals surface area contributed by atoms with Crippen molar-refractivity contribution in [1.29, 1.82) is 0 Å². The van der Waals surface area contributed by atoms with Crippen molar-refractivity contribution in [2.45, 2.75) is 36.9 Å². The second-order valence-electron chi connectivity index (χ2n) is 5.69. The van der Waals surface area contributed by atoms with Gasteiger partial charge in [0, 0.05) is 9.30 Å². The van der Waals surface area contributed by atoms with Crippen molar-refractivity contribution in [3.05, 3.63) is 34.3 Å². The summed E-state index contributed by atoms with van der Waals surface area (Å²) in [6, 6.07) is 8.78. The Morgan fingerprint density at radius 2 is 1.88 bits per heavy atom. The summed E-state index contributed by atoms with van der Waals surface area (Å²) >= 11 is 7.44. The predicted octanol–water partition coefficient (Wildman–Crippen LogP) is 5.19. The summed E-state index contributed by atoms with van der Waals surface area (Å²) in [7, 11) is 0. The summed E-state index contributed by atoms with van der Waals surface area (Å²) in [4.78, 5) is 0.680. The van der Waals surface area contributed by atoms with Gasteiger partial charge >= 0.3 is 0 Å². The zero-order chi connectivity index (χ0) is 11.8.